The Hall–Kier alpha value is -2.54. The Kier molecular flexibility index (Phi) is 8.14. The number of hydrogen-bond acceptors (Lipinski definition) is 5. The van der Waals surface area contributed by atoms with Gasteiger partial charge in [-0.2, -0.15) is 5.10 Å². The van der Waals surface area contributed by atoms with Crippen molar-refractivity contribution in [3.05, 3.63) is 76.6 Å². The zero-order chi connectivity index (χ0) is 24.0. The minimum atomic E-state index is -0.232. The molecule has 0 N–H and O–H groups in total. The van der Waals surface area contributed by atoms with Crippen LogP contribution in [0, 0.1) is 13.8 Å². The maximum Gasteiger partial charge on any atom is 0.122 e. The van der Waals surface area contributed by atoms with E-state index in [4.69, 9.17) is 25.8 Å². The number of halogens is 1. The van der Waals surface area contributed by atoms with Crippen LogP contribution in [0.3, 0.4) is 0 Å². The molecule has 0 atom stereocenters. The molecule has 3 aromatic rings. The summed E-state index contributed by atoms with van der Waals surface area (Å²) in [5, 5.41) is 4.80. The van der Waals surface area contributed by atoms with Gasteiger partial charge in [-0.3, -0.25) is 9.58 Å². The second kappa shape index (κ2) is 11.3. The highest BCUT2D eigenvalue weighted by Gasteiger charge is 2.35. The average Bonchev–Trinajstić information content (AvgIpc) is 3.26. The van der Waals surface area contributed by atoms with Crippen molar-refractivity contribution in [1.29, 1.82) is 0 Å². The number of ether oxygens (including phenoxy) is 3. The first-order valence-corrected chi connectivity index (χ1v) is 12.2. The molecule has 7 heteroatoms. The first kappa shape index (κ1) is 24.6. The molecule has 0 bridgehead atoms. The predicted molar refractivity (Wildman–Crippen MR) is 135 cm³/mol. The first-order chi connectivity index (χ1) is 16.4. The van der Waals surface area contributed by atoms with Gasteiger partial charge in [0.25, 0.3) is 0 Å². The standard InChI is InChI=1S/C27H34ClN3O3/c1-21-4-9-26(22(2)16-21)34-20-27(32-3)10-12-30(13-11-27)18-23-5-7-25(8-6-23)33-15-14-31-19-24(28)17-29-31/h4-9,16-17,19H,10-15,18,20H2,1-3H3. The van der Waals surface area contributed by atoms with Crippen molar-refractivity contribution in [2.45, 2.75) is 45.4 Å². The molecule has 0 amide bonds. The van der Waals surface area contributed by atoms with Gasteiger partial charge in [0.2, 0.25) is 0 Å². The van der Waals surface area contributed by atoms with E-state index in [1.54, 1.807) is 24.2 Å². The molecule has 1 aromatic heterocycles. The summed E-state index contributed by atoms with van der Waals surface area (Å²) in [7, 11) is 1.81. The smallest absolute Gasteiger partial charge is 0.122 e. The largest absolute Gasteiger partial charge is 0.492 e. The van der Waals surface area contributed by atoms with Crippen molar-refractivity contribution in [3.63, 3.8) is 0 Å². The molecule has 2 aromatic carbocycles. The van der Waals surface area contributed by atoms with Crippen LogP contribution in [-0.2, 0) is 17.8 Å². The number of methoxy groups -OCH3 is 1. The summed E-state index contributed by atoms with van der Waals surface area (Å²) in [4.78, 5) is 2.48. The number of hydrogen-bond donors (Lipinski definition) is 0. The summed E-state index contributed by atoms with van der Waals surface area (Å²) in [5.74, 6) is 1.81. The summed E-state index contributed by atoms with van der Waals surface area (Å²) in [6, 6.07) is 14.7. The minimum Gasteiger partial charge on any atom is -0.492 e. The third-order valence-electron chi connectivity index (χ3n) is 6.54. The summed E-state index contributed by atoms with van der Waals surface area (Å²) in [6.45, 7) is 8.87. The molecule has 0 unspecified atom stereocenters. The molecule has 182 valence electrons. The Labute approximate surface area is 207 Å². The highest BCUT2D eigenvalue weighted by atomic mass is 35.5. The second-order valence-corrected chi connectivity index (χ2v) is 9.57. The van der Waals surface area contributed by atoms with Crippen LogP contribution < -0.4 is 9.47 Å². The van der Waals surface area contributed by atoms with E-state index in [1.165, 1.54) is 16.7 Å². The predicted octanol–water partition coefficient (Wildman–Crippen LogP) is 5.29. The third kappa shape index (κ3) is 6.53. The lowest BCUT2D eigenvalue weighted by Gasteiger charge is -2.40. The van der Waals surface area contributed by atoms with Crippen LogP contribution in [0.15, 0.2) is 54.9 Å². The Morgan fingerprint density at radius 3 is 2.44 bits per heavy atom. The Morgan fingerprint density at radius 2 is 1.79 bits per heavy atom. The molecule has 0 saturated carbocycles. The minimum absolute atomic E-state index is 0.232. The van der Waals surface area contributed by atoms with Gasteiger partial charge in [0.1, 0.15) is 30.3 Å². The lowest BCUT2D eigenvalue weighted by atomic mass is 9.91. The molecule has 0 spiro atoms. The lowest BCUT2D eigenvalue weighted by Crippen LogP contribution is -2.48. The van der Waals surface area contributed by atoms with E-state index in [0.29, 0.717) is 24.8 Å². The highest BCUT2D eigenvalue weighted by Crippen LogP contribution is 2.29. The Balaban J connectivity index is 1.22. The van der Waals surface area contributed by atoms with Crippen LogP contribution in [0.2, 0.25) is 5.02 Å². The maximum atomic E-state index is 6.18. The van der Waals surface area contributed by atoms with Crippen LogP contribution in [0.25, 0.3) is 0 Å². The average molecular weight is 484 g/mol. The monoisotopic (exact) mass is 483 g/mol. The highest BCUT2D eigenvalue weighted by molar-refractivity contribution is 6.30. The van der Waals surface area contributed by atoms with Gasteiger partial charge >= 0.3 is 0 Å². The van der Waals surface area contributed by atoms with Crippen molar-refractivity contribution >= 4 is 11.6 Å². The number of aryl methyl sites for hydroxylation is 2. The summed E-state index contributed by atoms with van der Waals surface area (Å²) in [5.41, 5.74) is 3.47. The van der Waals surface area contributed by atoms with E-state index in [-0.39, 0.29) is 5.60 Å². The molecular formula is C27H34ClN3O3. The molecule has 1 saturated heterocycles. The van der Waals surface area contributed by atoms with Crippen LogP contribution in [0.1, 0.15) is 29.5 Å². The molecule has 0 aliphatic carbocycles. The number of likely N-dealkylation sites (tertiary alicyclic amines) is 1. The van der Waals surface area contributed by atoms with E-state index in [1.807, 2.05) is 12.1 Å². The van der Waals surface area contributed by atoms with Gasteiger partial charge in [0.15, 0.2) is 0 Å². The Morgan fingerprint density at radius 1 is 1.03 bits per heavy atom. The zero-order valence-corrected chi connectivity index (χ0v) is 21.1. The second-order valence-electron chi connectivity index (χ2n) is 9.13. The van der Waals surface area contributed by atoms with Gasteiger partial charge in [-0.1, -0.05) is 41.4 Å². The molecule has 0 radical (unpaired) electrons. The van der Waals surface area contributed by atoms with Crippen molar-refractivity contribution in [1.82, 2.24) is 14.7 Å². The van der Waals surface area contributed by atoms with Gasteiger partial charge in [0, 0.05) is 32.9 Å². The van der Waals surface area contributed by atoms with Gasteiger partial charge in [-0.05, 0) is 56.0 Å². The van der Waals surface area contributed by atoms with E-state index >= 15 is 0 Å². The Bertz CT molecular complexity index is 1060. The van der Waals surface area contributed by atoms with Crippen molar-refractivity contribution in [2.24, 2.45) is 0 Å². The van der Waals surface area contributed by atoms with Crippen LogP contribution >= 0.6 is 11.6 Å². The van der Waals surface area contributed by atoms with Gasteiger partial charge in [0.05, 0.1) is 17.8 Å². The molecule has 6 nitrogen and oxygen atoms in total. The van der Waals surface area contributed by atoms with E-state index in [0.717, 1.165) is 44.0 Å². The number of benzene rings is 2. The first-order valence-electron chi connectivity index (χ1n) is 11.8. The number of piperidine rings is 1. The summed E-state index contributed by atoms with van der Waals surface area (Å²) in [6.07, 6.45) is 5.33. The fourth-order valence-electron chi connectivity index (χ4n) is 4.36. The van der Waals surface area contributed by atoms with Crippen LogP contribution in [0.5, 0.6) is 11.5 Å². The van der Waals surface area contributed by atoms with Gasteiger partial charge < -0.3 is 14.2 Å². The van der Waals surface area contributed by atoms with Gasteiger partial charge in [-0.25, -0.2) is 0 Å². The topological polar surface area (TPSA) is 48.8 Å². The van der Waals surface area contributed by atoms with E-state index in [9.17, 15) is 0 Å². The molecule has 1 aliphatic rings. The normalized spacial score (nSPS) is 15.9. The molecule has 2 heterocycles. The van der Waals surface area contributed by atoms with Crippen LogP contribution in [-0.4, -0.2) is 53.7 Å². The summed E-state index contributed by atoms with van der Waals surface area (Å²) >= 11 is 5.89. The quantitative estimate of drug-likeness (QED) is 0.392. The number of aromatic nitrogens is 2. The fraction of sp³-hybridized carbons (Fsp3) is 0.444. The maximum absolute atomic E-state index is 6.18. The molecule has 4 rings (SSSR count). The summed E-state index contributed by atoms with van der Waals surface area (Å²) < 4.78 is 19.8. The SMILES string of the molecule is COC1(COc2ccc(C)cc2C)CCN(Cc2ccc(OCCn3cc(Cl)cn3)cc2)CC1. The molecule has 1 aliphatic heterocycles. The van der Waals surface area contributed by atoms with Crippen LogP contribution in [0.4, 0.5) is 0 Å². The molecule has 34 heavy (non-hydrogen) atoms. The fourth-order valence-corrected chi connectivity index (χ4v) is 4.52. The lowest BCUT2D eigenvalue weighted by molar-refractivity contribution is -0.0840. The number of rotatable bonds is 10. The number of nitrogens with zero attached hydrogens (tertiary/aromatic N) is 3. The molecular weight excluding hydrogens is 450 g/mol. The van der Waals surface area contributed by atoms with Crippen molar-refractivity contribution < 1.29 is 14.2 Å². The van der Waals surface area contributed by atoms with Crippen molar-refractivity contribution in [3.8, 4) is 11.5 Å². The third-order valence-corrected chi connectivity index (χ3v) is 6.74. The van der Waals surface area contributed by atoms with Crippen molar-refractivity contribution in [2.75, 3.05) is 33.4 Å². The zero-order valence-electron chi connectivity index (χ0n) is 20.3. The van der Waals surface area contributed by atoms with Gasteiger partial charge in [-0.15, -0.1) is 0 Å². The van der Waals surface area contributed by atoms with E-state index in [2.05, 4.69) is 54.2 Å². The van der Waals surface area contributed by atoms with E-state index < -0.39 is 0 Å². The molecule has 1 fully saturated rings.